The van der Waals surface area contributed by atoms with Crippen LogP contribution in [0.3, 0.4) is 0 Å². The maximum Gasteiger partial charge on any atom is 0.101 e. The van der Waals surface area contributed by atoms with E-state index in [9.17, 15) is 0 Å². The summed E-state index contributed by atoms with van der Waals surface area (Å²) in [7, 11) is -1.09. The second-order valence-electron chi connectivity index (χ2n) is 4.42. The fraction of sp³-hybridized carbons (Fsp3) is 0.692. The summed E-state index contributed by atoms with van der Waals surface area (Å²) in [5.41, 5.74) is 5.19. The summed E-state index contributed by atoms with van der Waals surface area (Å²) in [6.45, 7) is 4.48. The Balaban J connectivity index is 2.66. The van der Waals surface area contributed by atoms with Crippen LogP contribution in [0.1, 0.15) is 46.0 Å². The van der Waals surface area contributed by atoms with Crippen LogP contribution in [0.25, 0.3) is 0 Å². The van der Waals surface area contributed by atoms with Gasteiger partial charge < -0.3 is 0 Å². The van der Waals surface area contributed by atoms with Gasteiger partial charge in [0.2, 0.25) is 0 Å². The molecule has 0 bridgehead atoms. The molecule has 1 heterocycles. The van der Waals surface area contributed by atoms with E-state index < -0.39 is 8.07 Å². The van der Waals surface area contributed by atoms with Gasteiger partial charge in [0, 0.05) is 0 Å². The third-order valence-corrected chi connectivity index (χ3v) is 7.52. The Bertz CT molecular complexity index is 181. The van der Waals surface area contributed by atoms with Crippen LogP contribution < -0.4 is 0 Å². The van der Waals surface area contributed by atoms with Crippen molar-refractivity contribution >= 4 is 8.07 Å². The Labute approximate surface area is 90.1 Å². The molecule has 0 spiro atoms. The normalized spacial score (nSPS) is 22.1. The fourth-order valence-corrected chi connectivity index (χ4v) is 6.56. The zero-order valence-corrected chi connectivity index (χ0v) is 10.8. The fourth-order valence-electron chi connectivity index (χ4n) is 2.30. The predicted octanol–water partition coefficient (Wildman–Crippen LogP) is 4.63. The molecule has 0 N–H and O–H groups in total. The minimum Gasteiger partial charge on any atom is -0.0944 e. The van der Waals surface area contributed by atoms with Gasteiger partial charge in [-0.05, 0) is 12.8 Å². The van der Waals surface area contributed by atoms with E-state index in [2.05, 4.69) is 37.4 Å². The summed E-state index contributed by atoms with van der Waals surface area (Å²) >= 11 is 0. The van der Waals surface area contributed by atoms with E-state index >= 15 is 0 Å². The van der Waals surface area contributed by atoms with E-state index in [4.69, 9.17) is 0 Å². The largest absolute Gasteiger partial charge is 0.101 e. The van der Waals surface area contributed by atoms with E-state index in [1.165, 1.54) is 44.2 Å². The molecule has 80 valence electrons. The average Bonchev–Trinajstić information content (AvgIpc) is 2.25. The van der Waals surface area contributed by atoms with Gasteiger partial charge in [-0.3, -0.25) is 0 Å². The highest BCUT2D eigenvalue weighted by atomic mass is 28.3. The van der Waals surface area contributed by atoms with Crippen LogP contribution in [0.4, 0.5) is 0 Å². The predicted molar refractivity (Wildman–Crippen MR) is 68.1 cm³/mol. The van der Waals surface area contributed by atoms with Crippen LogP contribution in [-0.2, 0) is 0 Å². The van der Waals surface area contributed by atoms with Gasteiger partial charge in [0.25, 0.3) is 0 Å². The standard InChI is InChI=1S/C13H24Si/c1-3-5-10-14(11-6-4-2)12-8-7-9-13-14/h5-6,10-11H,3-4,7-9,12-13H2,1-2H3. The topological polar surface area (TPSA) is 0 Å². The van der Waals surface area contributed by atoms with Crippen molar-refractivity contribution in [1.29, 1.82) is 0 Å². The Kier molecular flexibility index (Phi) is 5.24. The summed E-state index contributed by atoms with van der Waals surface area (Å²) in [5, 5.41) is 0. The van der Waals surface area contributed by atoms with Crippen LogP contribution >= 0.6 is 0 Å². The Morgan fingerprint density at radius 1 is 0.857 bits per heavy atom. The van der Waals surface area contributed by atoms with Crippen molar-refractivity contribution in [2.24, 2.45) is 0 Å². The van der Waals surface area contributed by atoms with Gasteiger partial charge >= 0.3 is 0 Å². The molecule has 0 aliphatic carbocycles. The Morgan fingerprint density at radius 2 is 1.36 bits per heavy atom. The van der Waals surface area contributed by atoms with Gasteiger partial charge in [-0.2, -0.15) is 0 Å². The molecular formula is C13H24Si. The number of allylic oxidation sites excluding steroid dienone is 2. The van der Waals surface area contributed by atoms with E-state index in [1.54, 1.807) is 0 Å². The summed E-state index contributed by atoms with van der Waals surface area (Å²) in [6.07, 6.45) is 11.6. The van der Waals surface area contributed by atoms with Crippen molar-refractivity contribution in [3.8, 4) is 0 Å². The van der Waals surface area contributed by atoms with Crippen LogP contribution in [0.5, 0.6) is 0 Å². The molecule has 0 nitrogen and oxygen atoms in total. The zero-order chi connectivity index (χ0) is 10.3. The minimum absolute atomic E-state index is 1.09. The molecule has 14 heavy (non-hydrogen) atoms. The second-order valence-corrected chi connectivity index (χ2v) is 8.55. The van der Waals surface area contributed by atoms with Crippen LogP contribution in [0.2, 0.25) is 12.1 Å². The molecule has 0 radical (unpaired) electrons. The Hall–Kier alpha value is -0.303. The third kappa shape index (κ3) is 3.45. The SMILES string of the molecule is CCC=C[Si]1(C=CCC)CCCCC1. The molecule has 1 saturated heterocycles. The summed E-state index contributed by atoms with van der Waals surface area (Å²) < 4.78 is 0. The van der Waals surface area contributed by atoms with E-state index in [1.807, 2.05) is 0 Å². The molecule has 0 aromatic carbocycles. The monoisotopic (exact) mass is 208 g/mol. The zero-order valence-electron chi connectivity index (χ0n) is 9.76. The van der Waals surface area contributed by atoms with Crippen molar-refractivity contribution < 1.29 is 0 Å². The van der Waals surface area contributed by atoms with Crippen LogP contribution in [0, 0.1) is 0 Å². The molecule has 1 aliphatic rings. The highest BCUT2D eigenvalue weighted by Gasteiger charge is 2.28. The molecule has 0 atom stereocenters. The third-order valence-electron chi connectivity index (χ3n) is 3.16. The van der Waals surface area contributed by atoms with E-state index in [0.29, 0.717) is 0 Å². The molecule has 0 saturated carbocycles. The number of hydrogen-bond donors (Lipinski definition) is 0. The molecule has 0 unspecified atom stereocenters. The van der Waals surface area contributed by atoms with Crippen LogP contribution in [-0.4, -0.2) is 8.07 Å². The van der Waals surface area contributed by atoms with E-state index in [-0.39, 0.29) is 0 Å². The molecule has 1 rings (SSSR count). The first-order valence-electron chi connectivity index (χ1n) is 6.18. The summed E-state index contributed by atoms with van der Waals surface area (Å²) in [5.74, 6) is 0. The number of hydrogen-bond acceptors (Lipinski definition) is 0. The summed E-state index contributed by atoms with van der Waals surface area (Å²) in [4.78, 5) is 0. The van der Waals surface area contributed by atoms with Crippen LogP contribution in [0.15, 0.2) is 23.6 Å². The van der Waals surface area contributed by atoms with Gasteiger partial charge in [-0.15, -0.1) is 0 Å². The molecule has 0 aromatic rings. The minimum atomic E-state index is -1.09. The van der Waals surface area contributed by atoms with Gasteiger partial charge in [0.1, 0.15) is 8.07 Å². The smallest absolute Gasteiger partial charge is 0.0944 e. The lowest BCUT2D eigenvalue weighted by atomic mass is 10.3. The lowest BCUT2D eigenvalue weighted by Crippen LogP contribution is -2.32. The molecule has 1 aliphatic heterocycles. The van der Waals surface area contributed by atoms with Gasteiger partial charge in [0.05, 0.1) is 0 Å². The maximum absolute atomic E-state index is 2.60. The highest BCUT2D eigenvalue weighted by Crippen LogP contribution is 2.30. The molecular weight excluding hydrogens is 184 g/mol. The lowest BCUT2D eigenvalue weighted by molar-refractivity contribution is 0.719. The van der Waals surface area contributed by atoms with Crippen molar-refractivity contribution in [3.63, 3.8) is 0 Å². The molecule has 1 heteroatoms. The van der Waals surface area contributed by atoms with E-state index in [0.717, 1.165) is 0 Å². The number of rotatable bonds is 4. The summed E-state index contributed by atoms with van der Waals surface area (Å²) in [6, 6.07) is 3.00. The van der Waals surface area contributed by atoms with Gasteiger partial charge in [-0.25, -0.2) is 0 Å². The van der Waals surface area contributed by atoms with Crippen molar-refractivity contribution in [3.05, 3.63) is 23.6 Å². The quantitative estimate of drug-likeness (QED) is 0.591. The Morgan fingerprint density at radius 3 is 1.79 bits per heavy atom. The second kappa shape index (κ2) is 6.23. The maximum atomic E-state index is 2.60. The van der Waals surface area contributed by atoms with Gasteiger partial charge in [-0.1, -0.05) is 68.7 Å². The highest BCUT2D eigenvalue weighted by molar-refractivity contribution is 6.89. The first-order chi connectivity index (χ1) is 6.83. The van der Waals surface area contributed by atoms with Gasteiger partial charge in [0.15, 0.2) is 0 Å². The van der Waals surface area contributed by atoms with Crippen molar-refractivity contribution in [2.75, 3.05) is 0 Å². The average molecular weight is 208 g/mol. The van der Waals surface area contributed by atoms with Crippen molar-refractivity contribution in [2.45, 2.75) is 58.0 Å². The van der Waals surface area contributed by atoms with Crippen molar-refractivity contribution in [1.82, 2.24) is 0 Å². The lowest BCUT2D eigenvalue weighted by Gasteiger charge is -2.29. The first kappa shape index (κ1) is 11.8. The molecule has 1 fully saturated rings. The molecule has 0 aromatic heterocycles. The molecule has 0 amide bonds. The first-order valence-corrected chi connectivity index (χ1v) is 8.75.